The van der Waals surface area contributed by atoms with Crippen molar-refractivity contribution in [2.45, 2.75) is 0 Å². The van der Waals surface area contributed by atoms with Gasteiger partial charge in [0.15, 0.2) is 0 Å². The Morgan fingerprint density at radius 3 is 2.60 bits per heavy atom. The molecule has 0 amide bonds. The number of aromatic amines is 1. The van der Waals surface area contributed by atoms with Gasteiger partial charge in [0, 0.05) is 10.9 Å². The third kappa shape index (κ3) is 2.25. The van der Waals surface area contributed by atoms with Crippen molar-refractivity contribution in [3.63, 3.8) is 0 Å². The van der Waals surface area contributed by atoms with Crippen LogP contribution in [0.3, 0.4) is 0 Å². The Morgan fingerprint density at radius 2 is 1.85 bits per heavy atom. The van der Waals surface area contributed by atoms with Crippen LogP contribution in [0.1, 0.15) is 10.5 Å². The van der Waals surface area contributed by atoms with Gasteiger partial charge in [-0.05, 0) is 36.4 Å². The van der Waals surface area contributed by atoms with Crippen molar-refractivity contribution in [2.75, 3.05) is 0 Å². The van der Waals surface area contributed by atoms with Gasteiger partial charge in [0.05, 0.1) is 5.69 Å². The van der Waals surface area contributed by atoms with Gasteiger partial charge in [-0.1, -0.05) is 18.2 Å². The van der Waals surface area contributed by atoms with E-state index >= 15 is 0 Å². The number of ketones is 1. The van der Waals surface area contributed by atoms with Crippen LogP contribution in [0.15, 0.2) is 54.6 Å². The van der Waals surface area contributed by atoms with E-state index in [0.717, 1.165) is 16.7 Å². The number of carbonyl (C=O) groups excluding carboxylic acids is 1. The maximum absolute atomic E-state index is 11.3. The first-order valence-corrected chi connectivity index (χ1v) is 6.06. The minimum Gasteiger partial charge on any atom is -0.457 e. The number of nitriles is 1. The van der Waals surface area contributed by atoms with Crippen LogP contribution in [0.4, 0.5) is 0 Å². The van der Waals surface area contributed by atoms with Gasteiger partial charge in [-0.25, -0.2) is 0 Å². The second kappa shape index (κ2) is 4.90. The number of hydrogen-bond donors (Lipinski definition) is 1. The molecule has 0 saturated heterocycles. The van der Waals surface area contributed by atoms with E-state index in [2.05, 4.69) is 4.98 Å². The van der Waals surface area contributed by atoms with E-state index in [-0.39, 0.29) is 0 Å². The first-order chi connectivity index (χ1) is 9.76. The lowest BCUT2D eigenvalue weighted by Gasteiger charge is -2.04. The standard InChI is InChI=1S/C16H10N2O2/c17-10-16(19)15-9-11-8-13(6-7-14(11)18-15)20-12-4-2-1-3-5-12/h1-9,18H. The van der Waals surface area contributed by atoms with E-state index in [1.54, 1.807) is 12.1 Å². The molecule has 4 nitrogen and oxygen atoms in total. The number of ether oxygens (including phenoxy) is 1. The van der Waals surface area contributed by atoms with Gasteiger partial charge in [-0.3, -0.25) is 4.79 Å². The average Bonchev–Trinajstić information content (AvgIpc) is 2.90. The van der Waals surface area contributed by atoms with Crippen molar-refractivity contribution >= 4 is 16.7 Å². The first-order valence-electron chi connectivity index (χ1n) is 6.06. The van der Waals surface area contributed by atoms with E-state index in [9.17, 15) is 4.79 Å². The Bertz CT molecular complexity index is 813. The monoisotopic (exact) mass is 262 g/mol. The fraction of sp³-hybridized carbons (Fsp3) is 0. The molecule has 0 atom stereocenters. The van der Waals surface area contributed by atoms with Gasteiger partial charge >= 0.3 is 0 Å². The lowest BCUT2D eigenvalue weighted by molar-refractivity contribution is 0.105. The highest BCUT2D eigenvalue weighted by atomic mass is 16.5. The highest BCUT2D eigenvalue weighted by molar-refractivity contribution is 6.08. The third-order valence-corrected chi connectivity index (χ3v) is 2.92. The van der Waals surface area contributed by atoms with Crippen LogP contribution >= 0.6 is 0 Å². The number of nitrogens with one attached hydrogen (secondary N) is 1. The quantitative estimate of drug-likeness (QED) is 0.578. The average molecular weight is 262 g/mol. The molecule has 3 aromatic rings. The molecule has 0 radical (unpaired) electrons. The van der Waals surface area contributed by atoms with Gasteiger partial charge in [0.25, 0.3) is 5.78 Å². The van der Waals surface area contributed by atoms with E-state index in [1.165, 1.54) is 0 Å². The van der Waals surface area contributed by atoms with Crippen LogP contribution in [0.25, 0.3) is 10.9 Å². The molecule has 20 heavy (non-hydrogen) atoms. The molecule has 0 spiro atoms. The summed E-state index contributed by atoms with van der Waals surface area (Å²) in [7, 11) is 0. The van der Waals surface area contributed by atoms with E-state index in [1.807, 2.05) is 48.5 Å². The summed E-state index contributed by atoms with van der Waals surface area (Å²) in [4.78, 5) is 14.2. The molecule has 0 bridgehead atoms. The van der Waals surface area contributed by atoms with E-state index in [0.29, 0.717) is 11.4 Å². The zero-order valence-corrected chi connectivity index (χ0v) is 10.5. The first kappa shape index (κ1) is 12.0. The van der Waals surface area contributed by atoms with Crippen molar-refractivity contribution in [2.24, 2.45) is 0 Å². The molecule has 0 aliphatic rings. The molecule has 3 rings (SSSR count). The molecule has 1 N–H and O–H groups in total. The second-order valence-electron chi connectivity index (χ2n) is 4.29. The van der Waals surface area contributed by atoms with Gasteiger partial charge in [0.1, 0.15) is 17.6 Å². The summed E-state index contributed by atoms with van der Waals surface area (Å²) >= 11 is 0. The van der Waals surface area contributed by atoms with Crippen molar-refractivity contribution in [1.29, 1.82) is 5.26 Å². The Kier molecular flexibility index (Phi) is 2.94. The lowest BCUT2D eigenvalue weighted by atomic mass is 10.2. The number of benzene rings is 2. The van der Waals surface area contributed by atoms with E-state index in [4.69, 9.17) is 10.00 Å². The second-order valence-corrected chi connectivity index (χ2v) is 4.29. The normalized spacial score (nSPS) is 10.2. The van der Waals surface area contributed by atoms with Crippen molar-refractivity contribution < 1.29 is 9.53 Å². The van der Waals surface area contributed by atoms with Crippen molar-refractivity contribution in [1.82, 2.24) is 4.98 Å². The van der Waals surface area contributed by atoms with Crippen LogP contribution in [0, 0.1) is 11.3 Å². The zero-order valence-electron chi connectivity index (χ0n) is 10.5. The molecule has 0 unspecified atom stereocenters. The number of hydrogen-bond acceptors (Lipinski definition) is 3. The molecule has 0 saturated carbocycles. The summed E-state index contributed by atoms with van der Waals surface area (Å²) in [6.07, 6.45) is 0. The van der Waals surface area contributed by atoms with Crippen molar-refractivity contribution in [3.05, 3.63) is 60.3 Å². The fourth-order valence-corrected chi connectivity index (χ4v) is 1.98. The summed E-state index contributed by atoms with van der Waals surface area (Å²) in [5.41, 5.74) is 1.09. The van der Waals surface area contributed by atoms with Crippen LogP contribution in [-0.4, -0.2) is 10.8 Å². The minimum atomic E-state index is -0.577. The summed E-state index contributed by atoms with van der Waals surface area (Å²) in [6.45, 7) is 0. The summed E-state index contributed by atoms with van der Waals surface area (Å²) in [5.74, 6) is 0.848. The maximum Gasteiger partial charge on any atom is 0.278 e. The van der Waals surface area contributed by atoms with Gasteiger partial charge in [-0.15, -0.1) is 0 Å². The zero-order chi connectivity index (χ0) is 13.9. The number of para-hydroxylation sites is 1. The van der Waals surface area contributed by atoms with Gasteiger partial charge in [-0.2, -0.15) is 5.26 Å². The molecule has 1 aromatic heterocycles. The van der Waals surface area contributed by atoms with E-state index < -0.39 is 5.78 Å². The molecule has 96 valence electrons. The summed E-state index contributed by atoms with van der Waals surface area (Å²) < 4.78 is 5.72. The number of fused-ring (bicyclic) bond motifs is 1. The molecular formula is C16H10N2O2. The molecule has 0 fully saturated rings. The number of Topliss-reactive ketones (excluding diaryl/α,β-unsaturated/α-hetero) is 1. The SMILES string of the molecule is N#CC(=O)c1cc2cc(Oc3ccccc3)ccc2[nH]1. The Balaban J connectivity index is 1.95. The predicted octanol–water partition coefficient (Wildman–Crippen LogP) is 3.67. The van der Waals surface area contributed by atoms with Crippen LogP contribution in [0.2, 0.25) is 0 Å². The van der Waals surface area contributed by atoms with Crippen LogP contribution in [-0.2, 0) is 0 Å². The highest BCUT2D eigenvalue weighted by Crippen LogP contribution is 2.26. The smallest absolute Gasteiger partial charge is 0.278 e. The topological polar surface area (TPSA) is 65.9 Å². The number of H-pyrrole nitrogens is 1. The van der Waals surface area contributed by atoms with Crippen LogP contribution < -0.4 is 4.74 Å². The van der Waals surface area contributed by atoms with Crippen LogP contribution in [0.5, 0.6) is 11.5 Å². The third-order valence-electron chi connectivity index (χ3n) is 2.92. The van der Waals surface area contributed by atoms with Gasteiger partial charge in [0.2, 0.25) is 0 Å². The van der Waals surface area contributed by atoms with Gasteiger partial charge < -0.3 is 9.72 Å². The number of nitrogens with zero attached hydrogens (tertiary/aromatic N) is 1. The number of carbonyl (C=O) groups is 1. The molecule has 4 heteroatoms. The molecule has 0 aliphatic heterocycles. The predicted molar refractivity (Wildman–Crippen MR) is 74.8 cm³/mol. The summed E-state index contributed by atoms with van der Waals surface area (Å²) in [6, 6.07) is 18.2. The Labute approximate surface area is 115 Å². The highest BCUT2D eigenvalue weighted by Gasteiger charge is 2.09. The fourth-order valence-electron chi connectivity index (χ4n) is 1.98. The molecule has 1 heterocycles. The Morgan fingerprint density at radius 1 is 1.05 bits per heavy atom. The van der Waals surface area contributed by atoms with Crippen molar-refractivity contribution in [3.8, 4) is 17.6 Å². The Hall–Kier alpha value is -3.06. The lowest BCUT2D eigenvalue weighted by Crippen LogP contribution is -1.93. The molecule has 2 aromatic carbocycles. The number of aromatic nitrogens is 1. The number of rotatable bonds is 3. The minimum absolute atomic E-state index is 0.291. The molecule has 0 aliphatic carbocycles. The summed E-state index contributed by atoms with van der Waals surface area (Å²) in [5, 5.41) is 9.45. The maximum atomic E-state index is 11.3. The largest absolute Gasteiger partial charge is 0.457 e. The molecular weight excluding hydrogens is 252 g/mol.